The minimum absolute atomic E-state index is 0.0769. The van der Waals surface area contributed by atoms with E-state index >= 15 is 0 Å². The van der Waals surface area contributed by atoms with Crippen molar-refractivity contribution in [3.8, 4) is 17.2 Å². The molecule has 3 aromatic rings. The number of sulfonamides is 1. The predicted molar refractivity (Wildman–Crippen MR) is 117 cm³/mol. The van der Waals surface area contributed by atoms with Gasteiger partial charge in [0.2, 0.25) is 0 Å². The van der Waals surface area contributed by atoms with E-state index in [-0.39, 0.29) is 27.8 Å². The lowest BCUT2D eigenvalue weighted by Gasteiger charge is -2.15. The van der Waals surface area contributed by atoms with Crippen LogP contribution in [-0.4, -0.2) is 35.2 Å². The molecule has 0 spiro atoms. The number of anilines is 2. The van der Waals surface area contributed by atoms with Crippen LogP contribution in [-0.2, 0) is 14.8 Å². The molecule has 2 N–H and O–H groups in total. The second kappa shape index (κ2) is 10.0. The highest BCUT2D eigenvalue weighted by Crippen LogP contribution is 2.30. The summed E-state index contributed by atoms with van der Waals surface area (Å²) in [7, 11) is -1.20. The number of nitrogens with one attached hydrogen (secondary N) is 2. The zero-order valence-electron chi connectivity index (χ0n) is 17.3. The number of benzene rings is 3. The van der Waals surface area contributed by atoms with Crippen LogP contribution in [0.5, 0.6) is 17.2 Å². The number of hydrogen-bond donors (Lipinski definition) is 2. The van der Waals surface area contributed by atoms with E-state index in [1.165, 1.54) is 50.6 Å². The molecule has 0 saturated carbocycles. The summed E-state index contributed by atoms with van der Waals surface area (Å²) < 4.78 is 57.4. The first-order chi connectivity index (χ1) is 15.3. The van der Waals surface area contributed by atoms with Crippen LogP contribution in [0, 0.1) is 5.82 Å². The Hall–Kier alpha value is -3.79. The molecule has 0 aromatic heterocycles. The van der Waals surface area contributed by atoms with Gasteiger partial charge >= 0.3 is 0 Å². The number of rotatable bonds is 9. The van der Waals surface area contributed by atoms with Crippen LogP contribution >= 0.6 is 0 Å². The predicted octanol–water partition coefficient (Wildman–Crippen LogP) is 3.66. The van der Waals surface area contributed by atoms with Gasteiger partial charge in [0, 0.05) is 0 Å². The Bertz CT molecular complexity index is 1220. The second-order valence-electron chi connectivity index (χ2n) is 6.44. The highest BCUT2D eigenvalue weighted by molar-refractivity contribution is 7.92. The number of hydrogen-bond acceptors (Lipinski definition) is 6. The number of carbonyl (C=O) groups excluding carboxylic acids is 1. The largest absolute Gasteiger partial charge is 0.495 e. The van der Waals surface area contributed by atoms with E-state index in [2.05, 4.69) is 10.0 Å². The molecule has 0 aliphatic carbocycles. The molecular weight excluding hydrogens is 439 g/mol. The fourth-order valence-corrected chi connectivity index (χ4v) is 3.87. The van der Waals surface area contributed by atoms with Crippen molar-refractivity contribution < 1.29 is 31.8 Å². The number of halogens is 1. The summed E-state index contributed by atoms with van der Waals surface area (Å²) in [6.45, 7) is -0.486. The van der Waals surface area contributed by atoms with Gasteiger partial charge in [-0.25, -0.2) is 12.8 Å². The molecular formula is C22H21FN2O6S. The van der Waals surface area contributed by atoms with Gasteiger partial charge < -0.3 is 19.5 Å². The fraction of sp³-hybridized carbons (Fsp3) is 0.136. The van der Waals surface area contributed by atoms with Crippen molar-refractivity contribution in [3.63, 3.8) is 0 Å². The molecule has 8 nitrogen and oxygen atoms in total. The molecule has 0 radical (unpaired) electrons. The van der Waals surface area contributed by atoms with Crippen molar-refractivity contribution in [1.82, 2.24) is 0 Å². The van der Waals surface area contributed by atoms with Crippen LogP contribution < -0.4 is 24.2 Å². The van der Waals surface area contributed by atoms with E-state index in [1.807, 2.05) is 0 Å². The van der Waals surface area contributed by atoms with Crippen molar-refractivity contribution in [2.24, 2.45) is 0 Å². The number of para-hydroxylation sites is 3. The molecule has 0 aliphatic heterocycles. The maximum Gasteiger partial charge on any atom is 0.262 e. The molecule has 0 heterocycles. The first-order valence-electron chi connectivity index (χ1n) is 9.35. The van der Waals surface area contributed by atoms with Crippen molar-refractivity contribution >= 4 is 27.3 Å². The Morgan fingerprint density at radius 3 is 2.19 bits per heavy atom. The van der Waals surface area contributed by atoms with Gasteiger partial charge in [0.25, 0.3) is 15.9 Å². The Balaban J connectivity index is 1.78. The Morgan fingerprint density at radius 1 is 0.875 bits per heavy atom. The molecule has 0 atom stereocenters. The molecule has 0 aliphatic rings. The second-order valence-corrected chi connectivity index (χ2v) is 8.12. The van der Waals surface area contributed by atoms with Crippen LogP contribution in [0.15, 0.2) is 71.6 Å². The first-order valence-corrected chi connectivity index (χ1v) is 10.8. The van der Waals surface area contributed by atoms with Gasteiger partial charge in [0.05, 0.1) is 30.5 Å². The van der Waals surface area contributed by atoms with Gasteiger partial charge in [-0.15, -0.1) is 0 Å². The maximum atomic E-state index is 13.6. The molecule has 1 amide bonds. The SMILES string of the molecule is COc1ccc(S(=O)(=O)Nc2ccccc2OC)cc1NC(=O)COc1ccccc1F. The maximum absolute atomic E-state index is 13.6. The normalized spacial score (nSPS) is 10.8. The van der Waals surface area contributed by atoms with E-state index in [0.717, 1.165) is 0 Å². The quantitative estimate of drug-likeness (QED) is 0.505. The third kappa shape index (κ3) is 5.46. The molecule has 0 fully saturated rings. The lowest BCUT2D eigenvalue weighted by atomic mass is 10.3. The average molecular weight is 460 g/mol. The minimum Gasteiger partial charge on any atom is -0.495 e. The van der Waals surface area contributed by atoms with Crippen molar-refractivity contribution in [1.29, 1.82) is 0 Å². The third-order valence-corrected chi connectivity index (χ3v) is 5.67. The van der Waals surface area contributed by atoms with Crippen molar-refractivity contribution in [3.05, 3.63) is 72.5 Å². The van der Waals surface area contributed by atoms with E-state index in [1.54, 1.807) is 30.3 Å². The molecule has 10 heteroatoms. The highest BCUT2D eigenvalue weighted by Gasteiger charge is 2.19. The summed E-state index contributed by atoms with van der Waals surface area (Å²) in [5.74, 6) is -0.719. The standard InChI is InChI=1S/C22H21FN2O6S/c1-29-20-10-6-4-8-17(20)25-32(27,28)15-11-12-21(30-2)18(13-15)24-22(26)14-31-19-9-5-3-7-16(19)23/h3-13,25H,14H2,1-2H3,(H,24,26). The Labute approximate surface area is 185 Å². The summed E-state index contributed by atoms with van der Waals surface area (Å²) in [5, 5.41) is 2.52. The van der Waals surface area contributed by atoms with Crippen LogP contribution in [0.2, 0.25) is 0 Å². The van der Waals surface area contributed by atoms with Crippen LogP contribution in [0.25, 0.3) is 0 Å². The van der Waals surface area contributed by atoms with Crippen LogP contribution in [0.3, 0.4) is 0 Å². The van der Waals surface area contributed by atoms with Crippen molar-refractivity contribution in [2.75, 3.05) is 30.9 Å². The smallest absolute Gasteiger partial charge is 0.262 e. The Morgan fingerprint density at radius 2 is 1.50 bits per heavy atom. The van der Waals surface area contributed by atoms with E-state index in [0.29, 0.717) is 5.75 Å². The molecule has 3 aromatic carbocycles. The lowest BCUT2D eigenvalue weighted by Crippen LogP contribution is -2.21. The van der Waals surface area contributed by atoms with Gasteiger partial charge in [-0.3, -0.25) is 9.52 Å². The van der Waals surface area contributed by atoms with Gasteiger partial charge in [0.1, 0.15) is 11.5 Å². The van der Waals surface area contributed by atoms with E-state index < -0.39 is 28.4 Å². The van der Waals surface area contributed by atoms with Gasteiger partial charge in [-0.05, 0) is 42.5 Å². The monoisotopic (exact) mass is 460 g/mol. The molecule has 168 valence electrons. The summed E-state index contributed by atoms with van der Waals surface area (Å²) in [5.41, 5.74) is 0.368. The summed E-state index contributed by atoms with van der Waals surface area (Å²) in [6, 6.07) is 16.2. The molecule has 0 unspecified atom stereocenters. The summed E-state index contributed by atoms with van der Waals surface area (Å²) in [6.07, 6.45) is 0. The van der Waals surface area contributed by atoms with Crippen molar-refractivity contribution in [2.45, 2.75) is 4.90 Å². The molecule has 32 heavy (non-hydrogen) atoms. The number of methoxy groups -OCH3 is 2. The van der Waals surface area contributed by atoms with Crippen LogP contribution in [0.4, 0.5) is 15.8 Å². The average Bonchev–Trinajstić information content (AvgIpc) is 2.78. The number of ether oxygens (including phenoxy) is 3. The zero-order valence-corrected chi connectivity index (χ0v) is 18.1. The molecule has 0 saturated heterocycles. The topological polar surface area (TPSA) is 103 Å². The fourth-order valence-electron chi connectivity index (χ4n) is 2.78. The number of carbonyl (C=O) groups is 1. The lowest BCUT2D eigenvalue weighted by molar-refractivity contribution is -0.118. The minimum atomic E-state index is -4.01. The van der Waals surface area contributed by atoms with E-state index in [9.17, 15) is 17.6 Å². The number of amides is 1. The van der Waals surface area contributed by atoms with Gasteiger partial charge in [-0.1, -0.05) is 24.3 Å². The zero-order chi connectivity index (χ0) is 23.1. The summed E-state index contributed by atoms with van der Waals surface area (Å²) in [4.78, 5) is 12.2. The highest BCUT2D eigenvalue weighted by atomic mass is 32.2. The first kappa shape index (κ1) is 22.9. The molecule has 3 rings (SSSR count). The van der Waals surface area contributed by atoms with Gasteiger partial charge in [-0.2, -0.15) is 0 Å². The van der Waals surface area contributed by atoms with E-state index in [4.69, 9.17) is 14.2 Å². The van der Waals surface area contributed by atoms with Gasteiger partial charge in [0.15, 0.2) is 18.2 Å². The molecule has 0 bridgehead atoms. The van der Waals surface area contributed by atoms with Crippen LogP contribution in [0.1, 0.15) is 0 Å². The third-order valence-electron chi connectivity index (χ3n) is 4.30. The summed E-state index contributed by atoms with van der Waals surface area (Å²) >= 11 is 0. The Kier molecular flexibility index (Phi) is 7.16.